The topological polar surface area (TPSA) is 75.7 Å². The number of sulfonamides is 1. The van der Waals surface area contributed by atoms with E-state index in [1.54, 1.807) is 36.4 Å². The van der Waals surface area contributed by atoms with Gasteiger partial charge in [0.05, 0.1) is 24.1 Å². The number of alkyl halides is 2. The lowest BCUT2D eigenvalue weighted by atomic mass is 10.1. The van der Waals surface area contributed by atoms with E-state index in [4.69, 9.17) is 0 Å². The van der Waals surface area contributed by atoms with Crippen molar-refractivity contribution in [2.24, 2.45) is 0 Å². The molecule has 0 aliphatic carbocycles. The van der Waals surface area contributed by atoms with Gasteiger partial charge in [-0.3, -0.25) is 9.10 Å². The van der Waals surface area contributed by atoms with Crippen LogP contribution in [0.15, 0.2) is 66.7 Å². The predicted octanol–water partition coefficient (Wildman–Crippen LogP) is 5.12. The summed E-state index contributed by atoms with van der Waals surface area (Å²) in [5.74, 6) is -0.828. The Morgan fingerprint density at radius 3 is 2.27 bits per heavy atom. The van der Waals surface area contributed by atoms with E-state index in [2.05, 4.69) is 10.1 Å². The van der Waals surface area contributed by atoms with Crippen molar-refractivity contribution in [2.75, 3.05) is 15.9 Å². The molecule has 174 valence electrons. The van der Waals surface area contributed by atoms with E-state index in [1.165, 1.54) is 22.5 Å². The maximum absolute atomic E-state index is 12.6. The average molecular weight is 475 g/mol. The first-order valence-corrected chi connectivity index (χ1v) is 11.9. The highest BCUT2D eigenvalue weighted by Crippen LogP contribution is 2.25. The van der Waals surface area contributed by atoms with Gasteiger partial charge in [0.2, 0.25) is 10.0 Å². The molecule has 0 aliphatic rings. The number of para-hydroxylation sites is 1. The number of amides is 1. The van der Waals surface area contributed by atoms with Crippen molar-refractivity contribution in [1.29, 1.82) is 0 Å². The first kappa shape index (κ1) is 24.2. The van der Waals surface area contributed by atoms with Crippen LogP contribution in [0, 0.1) is 13.8 Å². The molecule has 0 atom stereocenters. The summed E-state index contributed by atoms with van der Waals surface area (Å²) in [6.07, 6.45) is 1.15. The molecule has 0 aliphatic heterocycles. The van der Waals surface area contributed by atoms with E-state index in [1.807, 2.05) is 26.0 Å². The van der Waals surface area contributed by atoms with Crippen LogP contribution in [0.3, 0.4) is 0 Å². The maximum atomic E-state index is 12.6. The fraction of sp³-hybridized carbons (Fsp3) is 0.208. The van der Waals surface area contributed by atoms with Gasteiger partial charge in [-0.2, -0.15) is 8.78 Å². The van der Waals surface area contributed by atoms with Gasteiger partial charge in [0.25, 0.3) is 5.91 Å². The smallest absolute Gasteiger partial charge is 0.387 e. The Balaban J connectivity index is 1.77. The summed E-state index contributed by atoms with van der Waals surface area (Å²) in [5, 5.41) is 2.63. The number of aryl methyl sites for hydroxylation is 2. The molecule has 0 saturated carbocycles. The van der Waals surface area contributed by atoms with Crippen molar-refractivity contribution < 1.29 is 26.7 Å². The first-order valence-electron chi connectivity index (χ1n) is 10.0. The lowest BCUT2D eigenvalue weighted by molar-refractivity contribution is -0.0501. The normalized spacial score (nSPS) is 11.3. The van der Waals surface area contributed by atoms with Gasteiger partial charge < -0.3 is 10.1 Å². The zero-order valence-corrected chi connectivity index (χ0v) is 19.2. The summed E-state index contributed by atoms with van der Waals surface area (Å²) < 4.78 is 55.7. The Bertz CT molecular complexity index is 1250. The highest BCUT2D eigenvalue weighted by molar-refractivity contribution is 7.92. The molecule has 0 unspecified atom stereocenters. The largest absolute Gasteiger partial charge is 0.434 e. The Morgan fingerprint density at radius 2 is 1.67 bits per heavy atom. The highest BCUT2D eigenvalue weighted by atomic mass is 32.2. The number of rotatable bonds is 8. The van der Waals surface area contributed by atoms with Crippen LogP contribution in [-0.2, 0) is 16.6 Å². The molecule has 0 heterocycles. The summed E-state index contributed by atoms with van der Waals surface area (Å²) in [6.45, 7) is 0.935. The third kappa shape index (κ3) is 6.29. The molecular weight excluding hydrogens is 450 g/mol. The molecule has 3 aromatic carbocycles. The number of anilines is 2. The van der Waals surface area contributed by atoms with Crippen LogP contribution in [0.2, 0.25) is 0 Å². The van der Waals surface area contributed by atoms with E-state index < -0.39 is 22.5 Å². The molecule has 0 saturated heterocycles. The molecule has 0 bridgehead atoms. The molecule has 6 nitrogen and oxygen atoms in total. The van der Waals surface area contributed by atoms with Gasteiger partial charge in [0.1, 0.15) is 5.75 Å². The van der Waals surface area contributed by atoms with Gasteiger partial charge in [-0.25, -0.2) is 8.42 Å². The molecule has 3 aromatic rings. The molecule has 0 radical (unpaired) electrons. The van der Waals surface area contributed by atoms with E-state index in [-0.39, 0.29) is 17.9 Å². The van der Waals surface area contributed by atoms with Gasteiger partial charge in [-0.15, -0.1) is 0 Å². The average Bonchev–Trinajstić information content (AvgIpc) is 2.74. The maximum Gasteiger partial charge on any atom is 0.387 e. The fourth-order valence-corrected chi connectivity index (χ4v) is 4.07. The molecule has 0 aromatic heterocycles. The van der Waals surface area contributed by atoms with E-state index in [0.717, 1.165) is 17.4 Å². The van der Waals surface area contributed by atoms with E-state index >= 15 is 0 Å². The van der Waals surface area contributed by atoms with Gasteiger partial charge in [0, 0.05) is 5.69 Å². The number of hydrogen-bond donors (Lipinski definition) is 1. The van der Waals surface area contributed by atoms with Crippen molar-refractivity contribution in [3.8, 4) is 5.75 Å². The van der Waals surface area contributed by atoms with Gasteiger partial charge in [-0.1, -0.05) is 30.3 Å². The van der Waals surface area contributed by atoms with Gasteiger partial charge in [-0.05, 0) is 66.9 Å². The second-order valence-corrected chi connectivity index (χ2v) is 9.47. The number of hydrogen-bond acceptors (Lipinski definition) is 4. The van der Waals surface area contributed by atoms with Crippen molar-refractivity contribution >= 4 is 27.3 Å². The SMILES string of the molecule is Cc1ccc(N(Cc2ccc(NC(=O)c3ccccc3OC(F)F)cc2)S(C)(=O)=O)cc1C. The standard InChI is InChI=1S/C24H24F2N2O4S/c1-16-8-13-20(14-17(16)2)28(33(3,30)31)15-18-9-11-19(12-10-18)27-23(29)21-6-4-5-7-22(21)32-24(25)26/h4-14,24H,15H2,1-3H3,(H,27,29). The number of ether oxygens (including phenoxy) is 1. The lowest BCUT2D eigenvalue weighted by Gasteiger charge is -2.23. The van der Waals surface area contributed by atoms with Gasteiger partial charge >= 0.3 is 6.61 Å². The molecule has 1 amide bonds. The summed E-state index contributed by atoms with van der Waals surface area (Å²) in [7, 11) is -3.54. The Labute approximate surface area is 191 Å². The van der Waals surface area contributed by atoms with E-state index in [0.29, 0.717) is 16.9 Å². The predicted molar refractivity (Wildman–Crippen MR) is 124 cm³/mol. The minimum Gasteiger partial charge on any atom is -0.434 e. The molecule has 33 heavy (non-hydrogen) atoms. The Morgan fingerprint density at radius 1 is 1.00 bits per heavy atom. The zero-order chi connectivity index (χ0) is 24.2. The minimum atomic E-state index is -3.54. The molecule has 9 heteroatoms. The summed E-state index contributed by atoms with van der Waals surface area (Å²) in [6, 6.07) is 17.8. The van der Waals surface area contributed by atoms with Crippen molar-refractivity contribution in [3.63, 3.8) is 0 Å². The second kappa shape index (κ2) is 9.99. The monoisotopic (exact) mass is 474 g/mol. The van der Waals surface area contributed by atoms with Crippen LogP contribution in [0.4, 0.5) is 20.2 Å². The number of nitrogens with zero attached hydrogens (tertiary/aromatic N) is 1. The first-order chi connectivity index (χ1) is 15.5. The van der Waals surface area contributed by atoms with Crippen LogP contribution in [-0.4, -0.2) is 27.2 Å². The third-order valence-corrected chi connectivity index (χ3v) is 6.21. The molecule has 1 N–H and O–H groups in total. The quantitative estimate of drug-likeness (QED) is 0.492. The highest BCUT2D eigenvalue weighted by Gasteiger charge is 2.19. The van der Waals surface area contributed by atoms with Crippen LogP contribution in [0.25, 0.3) is 0 Å². The molecule has 0 fully saturated rings. The van der Waals surface area contributed by atoms with Crippen LogP contribution < -0.4 is 14.4 Å². The second-order valence-electron chi connectivity index (χ2n) is 7.56. The van der Waals surface area contributed by atoms with Crippen molar-refractivity contribution in [1.82, 2.24) is 0 Å². The molecule has 3 rings (SSSR count). The number of carbonyl (C=O) groups is 1. The zero-order valence-electron chi connectivity index (χ0n) is 18.4. The van der Waals surface area contributed by atoms with Crippen molar-refractivity contribution in [2.45, 2.75) is 27.0 Å². The van der Waals surface area contributed by atoms with Gasteiger partial charge in [0.15, 0.2) is 0 Å². The number of nitrogens with one attached hydrogen (secondary N) is 1. The fourth-order valence-electron chi connectivity index (χ4n) is 3.19. The molecule has 0 spiro atoms. The number of benzene rings is 3. The minimum absolute atomic E-state index is 0.0279. The third-order valence-electron chi connectivity index (χ3n) is 5.06. The molecular formula is C24H24F2N2O4S. The summed E-state index contributed by atoms with van der Waals surface area (Å²) in [5.41, 5.74) is 3.71. The van der Waals surface area contributed by atoms with Crippen molar-refractivity contribution in [3.05, 3.63) is 89.0 Å². The van der Waals surface area contributed by atoms with E-state index in [9.17, 15) is 22.0 Å². The van der Waals surface area contributed by atoms with Crippen LogP contribution >= 0.6 is 0 Å². The lowest BCUT2D eigenvalue weighted by Crippen LogP contribution is -2.29. The summed E-state index contributed by atoms with van der Waals surface area (Å²) >= 11 is 0. The number of carbonyl (C=O) groups excluding carboxylic acids is 1. The summed E-state index contributed by atoms with van der Waals surface area (Å²) in [4.78, 5) is 12.5. The Kier molecular flexibility index (Phi) is 7.33. The van der Waals surface area contributed by atoms with Crippen LogP contribution in [0.1, 0.15) is 27.0 Å². The number of halogens is 2. The van der Waals surface area contributed by atoms with Crippen LogP contribution in [0.5, 0.6) is 5.75 Å². The Hall–Kier alpha value is -3.46.